The molecule has 0 spiro atoms. The second kappa shape index (κ2) is 5.66. The lowest BCUT2D eigenvalue weighted by Crippen LogP contribution is -2.17. The van der Waals surface area contributed by atoms with Gasteiger partial charge in [-0.25, -0.2) is 4.39 Å². The van der Waals surface area contributed by atoms with Crippen molar-refractivity contribution in [3.8, 4) is 5.75 Å². The molecule has 0 aliphatic rings. The molecule has 0 saturated heterocycles. The van der Waals surface area contributed by atoms with Gasteiger partial charge in [-0.15, -0.1) is 0 Å². The minimum atomic E-state index is -0.941. The molecule has 0 fully saturated rings. The summed E-state index contributed by atoms with van der Waals surface area (Å²) in [6, 6.07) is 4.32. The van der Waals surface area contributed by atoms with Crippen molar-refractivity contribution in [2.75, 3.05) is 6.61 Å². The zero-order chi connectivity index (χ0) is 13.0. The lowest BCUT2D eigenvalue weighted by molar-refractivity contribution is -0.139. The maximum absolute atomic E-state index is 13.6. The van der Waals surface area contributed by atoms with Gasteiger partial charge in [-0.05, 0) is 30.5 Å². The zero-order valence-corrected chi connectivity index (χ0v) is 10.2. The highest BCUT2D eigenvalue weighted by Crippen LogP contribution is 2.28. The lowest BCUT2D eigenvalue weighted by atomic mass is 9.88. The highest BCUT2D eigenvalue weighted by Gasteiger charge is 2.24. The van der Waals surface area contributed by atoms with E-state index in [2.05, 4.69) is 0 Å². The van der Waals surface area contributed by atoms with E-state index < -0.39 is 17.7 Å². The Morgan fingerprint density at radius 3 is 2.53 bits per heavy atom. The van der Waals surface area contributed by atoms with Crippen molar-refractivity contribution >= 4 is 5.97 Å². The molecular formula is C13H17FO3. The van der Waals surface area contributed by atoms with Crippen LogP contribution in [-0.4, -0.2) is 17.7 Å². The Kier molecular flexibility index (Phi) is 4.49. The van der Waals surface area contributed by atoms with Crippen LogP contribution in [0, 0.1) is 11.7 Å². The van der Waals surface area contributed by atoms with Crippen LogP contribution in [0.2, 0.25) is 0 Å². The van der Waals surface area contributed by atoms with E-state index >= 15 is 0 Å². The second-order valence-corrected chi connectivity index (χ2v) is 4.18. The average molecular weight is 240 g/mol. The molecule has 3 nitrogen and oxygen atoms in total. The van der Waals surface area contributed by atoms with Gasteiger partial charge in [-0.2, -0.15) is 0 Å². The molecule has 0 radical (unpaired) electrons. The second-order valence-electron chi connectivity index (χ2n) is 4.18. The highest BCUT2D eigenvalue weighted by molar-refractivity contribution is 5.76. The molecule has 0 heterocycles. The Morgan fingerprint density at radius 2 is 2.12 bits per heavy atom. The molecule has 4 heteroatoms. The van der Waals surface area contributed by atoms with Gasteiger partial charge in [0.05, 0.1) is 12.5 Å². The molecule has 1 aromatic rings. The number of rotatable bonds is 5. The van der Waals surface area contributed by atoms with Gasteiger partial charge in [0.1, 0.15) is 0 Å². The van der Waals surface area contributed by atoms with Crippen molar-refractivity contribution < 1.29 is 19.0 Å². The maximum Gasteiger partial charge on any atom is 0.311 e. The molecule has 17 heavy (non-hydrogen) atoms. The number of benzene rings is 1. The van der Waals surface area contributed by atoms with Crippen LogP contribution < -0.4 is 4.74 Å². The van der Waals surface area contributed by atoms with E-state index in [1.54, 1.807) is 26.8 Å². The first-order valence-electron chi connectivity index (χ1n) is 5.62. The van der Waals surface area contributed by atoms with Gasteiger partial charge < -0.3 is 9.84 Å². The summed E-state index contributed by atoms with van der Waals surface area (Å²) in [6.07, 6.45) is 0. The molecule has 0 saturated carbocycles. The van der Waals surface area contributed by atoms with Crippen LogP contribution in [0.25, 0.3) is 0 Å². The number of ether oxygens (including phenoxy) is 1. The van der Waals surface area contributed by atoms with Gasteiger partial charge in [0.25, 0.3) is 0 Å². The van der Waals surface area contributed by atoms with Crippen LogP contribution in [-0.2, 0) is 4.79 Å². The number of carbonyl (C=O) groups is 1. The average Bonchev–Trinajstić information content (AvgIpc) is 2.21. The van der Waals surface area contributed by atoms with Crippen LogP contribution in [0.4, 0.5) is 4.39 Å². The van der Waals surface area contributed by atoms with Gasteiger partial charge in [0.15, 0.2) is 11.6 Å². The van der Waals surface area contributed by atoms with Crippen molar-refractivity contribution in [2.45, 2.75) is 26.7 Å². The molecule has 0 aliphatic heterocycles. The zero-order valence-electron chi connectivity index (χ0n) is 10.2. The molecule has 1 N–H and O–H groups in total. The molecular weight excluding hydrogens is 223 g/mol. The molecule has 94 valence electrons. The van der Waals surface area contributed by atoms with Crippen molar-refractivity contribution in [1.29, 1.82) is 0 Å². The number of halogens is 1. The molecule has 1 unspecified atom stereocenters. The Hall–Kier alpha value is -1.58. The summed E-state index contributed by atoms with van der Waals surface area (Å²) in [5.41, 5.74) is 0.466. The van der Waals surface area contributed by atoms with E-state index in [0.717, 1.165) is 0 Å². The predicted octanol–water partition coefficient (Wildman–Crippen LogP) is 3.05. The topological polar surface area (TPSA) is 46.5 Å². The quantitative estimate of drug-likeness (QED) is 0.860. The number of carboxylic acid groups (broad SMARTS) is 1. The Bertz CT molecular complexity index is 402. The maximum atomic E-state index is 13.6. The Labute approximate surface area is 100 Å². The Balaban J connectivity index is 3.06. The predicted molar refractivity (Wildman–Crippen MR) is 62.8 cm³/mol. The SMILES string of the molecule is CCOc1ccc(C(C(=O)O)C(C)C)cc1F. The van der Waals surface area contributed by atoms with Crippen LogP contribution >= 0.6 is 0 Å². The van der Waals surface area contributed by atoms with Gasteiger partial charge in [0.2, 0.25) is 0 Å². The van der Waals surface area contributed by atoms with E-state index in [4.69, 9.17) is 9.84 Å². The minimum Gasteiger partial charge on any atom is -0.491 e. The molecule has 0 aromatic heterocycles. The summed E-state index contributed by atoms with van der Waals surface area (Å²) in [5, 5.41) is 9.11. The fourth-order valence-electron chi connectivity index (χ4n) is 1.80. The van der Waals surface area contributed by atoms with Crippen molar-refractivity contribution in [2.24, 2.45) is 5.92 Å². The van der Waals surface area contributed by atoms with E-state index in [-0.39, 0.29) is 11.7 Å². The third-order valence-corrected chi connectivity index (χ3v) is 2.55. The van der Waals surface area contributed by atoms with E-state index in [9.17, 15) is 9.18 Å². The van der Waals surface area contributed by atoms with Crippen molar-refractivity contribution in [3.63, 3.8) is 0 Å². The van der Waals surface area contributed by atoms with E-state index in [1.807, 2.05) is 0 Å². The van der Waals surface area contributed by atoms with Crippen LogP contribution in [0.3, 0.4) is 0 Å². The van der Waals surface area contributed by atoms with Crippen molar-refractivity contribution in [1.82, 2.24) is 0 Å². The van der Waals surface area contributed by atoms with E-state index in [1.165, 1.54) is 12.1 Å². The van der Waals surface area contributed by atoms with E-state index in [0.29, 0.717) is 12.2 Å². The number of hydrogen-bond donors (Lipinski definition) is 1. The summed E-state index contributed by atoms with van der Waals surface area (Å²) in [6.45, 7) is 5.74. The summed E-state index contributed by atoms with van der Waals surface area (Å²) in [4.78, 5) is 11.1. The molecule has 0 amide bonds. The van der Waals surface area contributed by atoms with Gasteiger partial charge in [0, 0.05) is 0 Å². The highest BCUT2D eigenvalue weighted by atomic mass is 19.1. The molecule has 1 rings (SSSR count). The standard InChI is InChI=1S/C13H17FO3/c1-4-17-11-6-5-9(7-10(11)14)12(8(2)3)13(15)16/h5-8,12H,4H2,1-3H3,(H,15,16). The third kappa shape index (κ3) is 3.19. The van der Waals surface area contributed by atoms with Crippen LogP contribution in [0.5, 0.6) is 5.75 Å². The van der Waals surface area contributed by atoms with Crippen molar-refractivity contribution in [3.05, 3.63) is 29.6 Å². The first-order valence-corrected chi connectivity index (χ1v) is 5.62. The molecule has 1 aromatic carbocycles. The molecule has 0 bridgehead atoms. The molecule has 0 aliphatic carbocycles. The lowest BCUT2D eigenvalue weighted by Gasteiger charge is -2.17. The smallest absolute Gasteiger partial charge is 0.311 e. The largest absolute Gasteiger partial charge is 0.491 e. The fourth-order valence-corrected chi connectivity index (χ4v) is 1.80. The normalized spacial score (nSPS) is 12.5. The Morgan fingerprint density at radius 1 is 1.47 bits per heavy atom. The van der Waals surface area contributed by atoms with Gasteiger partial charge in [-0.1, -0.05) is 19.9 Å². The first-order chi connectivity index (χ1) is 7.97. The minimum absolute atomic E-state index is 0.0927. The third-order valence-electron chi connectivity index (χ3n) is 2.55. The number of hydrogen-bond acceptors (Lipinski definition) is 2. The fraction of sp³-hybridized carbons (Fsp3) is 0.462. The summed E-state index contributed by atoms with van der Waals surface area (Å²) >= 11 is 0. The van der Waals surface area contributed by atoms with Gasteiger partial charge >= 0.3 is 5.97 Å². The number of aliphatic carboxylic acids is 1. The monoisotopic (exact) mass is 240 g/mol. The number of carboxylic acids is 1. The first kappa shape index (κ1) is 13.5. The van der Waals surface area contributed by atoms with Crippen LogP contribution in [0.1, 0.15) is 32.3 Å². The summed E-state index contributed by atoms with van der Waals surface area (Å²) in [7, 11) is 0. The summed E-state index contributed by atoms with van der Waals surface area (Å²) < 4.78 is 18.7. The van der Waals surface area contributed by atoms with Crippen LogP contribution in [0.15, 0.2) is 18.2 Å². The summed E-state index contributed by atoms with van der Waals surface area (Å²) in [5.74, 6) is -2.09. The van der Waals surface area contributed by atoms with Gasteiger partial charge in [-0.3, -0.25) is 4.79 Å². The molecule has 1 atom stereocenters.